The molecular weight excluding hydrogens is 280 g/mol. The molecule has 0 spiro atoms. The molecule has 0 aliphatic carbocycles. The molecule has 1 aliphatic rings. The highest BCUT2D eigenvalue weighted by Gasteiger charge is 2.16. The fourth-order valence-corrected chi connectivity index (χ4v) is 3.16. The molecule has 2 N–H and O–H groups in total. The molecule has 1 unspecified atom stereocenters. The van der Waals surface area contributed by atoms with E-state index in [2.05, 4.69) is 89.5 Å². The van der Waals surface area contributed by atoms with Gasteiger partial charge >= 0.3 is 0 Å². The molecule has 1 atom stereocenters. The van der Waals surface area contributed by atoms with Gasteiger partial charge in [-0.3, -0.25) is 0 Å². The van der Waals surface area contributed by atoms with E-state index in [1.807, 2.05) is 0 Å². The summed E-state index contributed by atoms with van der Waals surface area (Å²) in [7, 11) is 0. The highest BCUT2D eigenvalue weighted by atomic mass is 15.0. The number of rotatable bonds is 2. The van der Waals surface area contributed by atoms with Gasteiger partial charge in [-0.25, -0.2) is 0 Å². The number of fused-ring (bicyclic) bond motifs is 1. The van der Waals surface area contributed by atoms with Crippen molar-refractivity contribution in [2.24, 2.45) is 0 Å². The maximum absolute atomic E-state index is 3.67. The summed E-state index contributed by atoms with van der Waals surface area (Å²) < 4.78 is 0. The molecular formula is C21H20N2. The normalized spacial score (nSPS) is 16.6. The molecule has 2 nitrogen and oxygen atoms in total. The Kier molecular flexibility index (Phi) is 3.73. The number of benzene rings is 3. The molecule has 0 bridgehead atoms. The highest BCUT2D eigenvalue weighted by molar-refractivity contribution is 5.70. The SMILES string of the molecule is c1ccc(-c2ccc(C3CCNc4ccccc4N3)cc2)cc1. The Bertz CT molecular complexity index is 778. The predicted molar refractivity (Wildman–Crippen MR) is 97.8 cm³/mol. The summed E-state index contributed by atoms with van der Waals surface area (Å²) in [5, 5.41) is 7.17. The molecule has 0 radical (unpaired) electrons. The molecule has 0 saturated heterocycles. The Balaban J connectivity index is 1.59. The van der Waals surface area contributed by atoms with Gasteiger partial charge in [0.1, 0.15) is 0 Å². The van der Waals surface area contributed by atoms with Crippen LogP contribution in [0.5, 0.6) is 0 Å². The zero-order valence-electron chi connectivity index (χ0n) is 13.0. The molecule has 4 rings (SSSR count). The van der Waals surface area contributed by atoms with Crippen LogP contribution in [-0.2, 0) is 0 Å². The van der Waals surface area contributed by atoms with Crippen LogP contribution < -0.4 is 10.6 Å². The van der Waals surface area contributed by atoms with Gasteiger partial charge in [0.15, 0.2) is 0 Å². The molecule has 1 heterocycles. The Morgan fingerprint density at radius 2 is 1.30 bits per heavy atom. The molecule has 0 saturated carbocycles. The van der Waals surface area contributed by atoms with Crippen molar-refractivity contribution in [1.82, 2.24) is 0 Å². The quantitative estimate of drug-likeness (QED) is 0.669. The monoisotopic (exact) mass is 300 g/mol. The molecule has 2 heteroatoms. The molecule has 0 aromatic heterocycles. The average Bonchev–Trinajstić information content (AvgIpc) is 2.85. The predicted octanol–water partition coefficient (Wildman–Crippen LogP) is 5.32. The third-order valence-electron chi connectivity index (χ3n) is 4.43. The first kappa shape index (κ1) is 13.9. The highest BCUT2D eigenvalue weighted by Crippen LogP contribution is 2.32. The number of hydrogen-bond donors (Lipinski definition) is 2. The van der Waals surface area contributed by atoms with E-state index in [4.69, 9.17) is 0 Å². The minimum Gasteiger partial charge on any atom is -0.383 e. The van der Waals surface area contributed by atoms with Gasteiger partial charge in [0.05, 0.1) is 17.4 Å². The van der Waals surface area contributed by atoms with Gasteiger partial charge in [-0.05, 0) is 35.2 Å². The van der Waals surface area contributed by atoms with Crippen molar-refractivity contribution < 1.29 is 0 Å². The summed E-state index contributed by atoms with van der Waals surface area (Å²) in [6.45, 7) is 0.981. The number of hydrogen-bond acceptors (Lipinski definition) is 2. The van der Waals surface area contributed by atoms with Crippen LogP contribution in [-0.4, -0.2) is 6.54 Å². The third kappa shape index (κ3) is 2.93. The van der Waals surface area contributed by atoms with Crippen LogP contribution in [0.3, 0.4) is 0 Å². The van der Waals surface area contributed by atoms with Crippen LogP contribution in [0.25, 0.3) is 11.1 Å². The Morgan fingerprint density at radius 3 is 2.09 bits per heavy atom. The van der Waals surface area contributed by atoms with E-state index < -0.39 is 0 Å². The van der Waals surface area contributed by atoms with Gasteiger partial charge in [-0.15, -0.1) is 0 Å². The van der Waals surface area contributed by atoms with Crippen molar-refractivity contribution in [1.29, 1.82) is 0 Å². The molecule has 0 amide bonds. The van der Waals surface area contributed by atoms with E-state index >= 15 is 0 Å². The van der Waals surface area contributed by atoms with Crippen molar-refractivity contribution in [3.05, 3.63) is 84.4 Å². The lowest BCUT2D eigenvalue weighted by molar-refractivity contribution is 0.732. The van der Waals surface area contributed by atoms with Crippen molar-refractivity contribution >= 4 is 11.4 Å². The van der Waals surface area contributed by atoms with Gasteiger partial charge in [0.25, 0.3) is 0 Å². The fourth-order valence-electron chi connectivity index (χ4n) is 3.16. The van der Waals surface area contributed by atoms with E-state index in [9.17, 15) is 0 Å². The summed E-state index contributed by atoms with van der Waals surface area (Å²) in [6, 6.07) is 28.2. The second kappa shape index (κ2) is 6.17. The number of para-hydroxylation sites is 2. The van der Waals surface area contributed by atoms with Crippen LogP contribution >= 0.6 is 0 Å². The fraction of sp³-hybridized carbons (Fsp3) is 0.143. The molecule has 1 aliphatic heterocycles. The van der Waals surface area contributed by atoms with Crippen molar-refractivity contribution in [2.75, 3.05) is 17.2 Å². The van der Waals surface area contributed by atoms with E-state index in [-0.39, 0.29) is 0 Å². The molecule has 0 fully saturated rings. The van der Waals surface area contributed by atoms with Gasteiger partial charge in [0.2, 0.25) is 0 Å². The lowest BCUT2D eigenvalue weighted by atomic mass is 9.99. The smallest absolute Gasteiger partial charge is 0.0580 e. The summed E-state index contributed by atoms with van der Waals surface area (Å²) >= 11 is 0. The van der Waals surface area contributed by atoms with Gasteiger partial charge in [-0.2, -0.15) is 0 Å². The Morgan fingerprint density at radius 1 is 0.652 bits per heavy atom. The van der Waals surface area contributed by atoms with E-state index in [0.717, 1.165) is 13.0 Å². The third-order valence-corrected chi connectivity index (χ3v) is 4.43. The van der Waals surface area contributed by atoms with Crippen LogP contribution in [0.4, 0.5) is 11.4 Å². The largest absolute Gasteiger partial charge is 0.383 e. The summed E-state index contributed by atoms with van der Waals surface area (Å²) in [6.07, 6.45) is 1.07. The standard InChI is InChI=1S/C21H20N2/c1-2-6-16(7-3-1)17-10-12-18(13-11-17)19-14-15-22-20-8-4-5-9-21(20)23-19/h1-13,19,22-23H,14-15H2. The summed E-state index contributed by atoms with van der Waals surface area (Å²) in [5.74, 6) is 0. The number of nitrogens with one attached hydrogen (secondary N) is 2. The van der Waals surface area contributed by atoms with Crippen LogP contribution in [0.1, 0.15) is 18.0 Å². The Labute approximate surface area is 137 Å². The van der Waals surface area contributed by atoms with Gasteiger partial charge < -0.3 is 10.6 Å². The topological polar surface area (TPSA) is 24.1 Å². The van der Waals surface area contributed by atoms with Crippen molar-refractivity contribution in [2.45, 2.75) is 12.5 Å². The zero-order valence-corrected chi connectivity index (χ0v) is 13.0. The summed E-state index contributed by atoms with van der Waals surface area (Å²) in [5.41, 5.74) is 6.24. The van der Waals surface area contributed by atoms with Crippen molar-refractivity contribution in [3.63, 3.8) is 0 Å². The molecule has 114 valence electrons. The lowest BCUT2D eigenvalue weighted by Crippen LogP contribution is -2.10. The first-order valence-electron chi connectivity index (χ1n) is 8.15. The van der Waals surface area contributed by atoms with Gasteiger partial charge in [0, 0.05) is 6.54 Å². The maximum atomic E-state index is 3.67. The van der Waals surface area contributed by atoms with Crippen LogP contribution in [0.2, 0.25) is 0 Å². The first-order chi connectivity index (χ1) is 11.4. The van der Waals surface area contributed by atoms with E-state index in [1.54, 1.807) is 0 Å². The second-order valence-electron chi connectivity index (χ2n) is 5.95. The maximum Gasteiger partial charge on any atom is 0.0580 e. The first-order valence-corrected chi connectivity index (χ1v) is 8.15. The second-order valence-corrected chi connectivity index (χ2v) is 5.95. The van der Waals surface area contributed by atoms with Crippen molar-refractivity contribution in [3.8, 4) is 11.1 Å². The van der Waals surface area contributed by atoms with E-state index in [1.165, 1.54) is 28.1 Å². The molecule has 3 aromatic rings. The van der Waals surface area contributed by atoms with E-state index in [0.29, 0.717) is 6.04 Å². The minimum absolute atomic E-state index is 0.343. The number of anilines is 2. The van der Waals surface area contributed by atoms with Crippen LogP contribution in [0.15, 0.2) is 78.9 Å². The molecule has 3 aromatic carbocycles. The summed E-state index contributed by atoms with van der Waals surface area (Å²) in [4.78, 5) is 0. The molecule has 23 heavy (non-hydrogen) atoms. The minimum atomic E-state index is 0.343. The van der Waals surface area contributed by atoms with Crippen LogP contribution in [0, 0.1) is 0 Å². The Hall–Kier alpha value is -2.74. The average molecular weight is 300 g/mol. The zero-order chi connectivity index (χ0) is 15.5. The lowest BCUT2D eigenvalue weighted by Gasteiger charge is -2.18. The van der Waals surface area contributed by atoms with Gasteiger partial charge in [-0.1, -0.05) is 66.7 Å².